The van der Waals surface area contributed by atoms with Gasteiger partial charge in [0.25, 0.3) is 0 Å². The summed E-state index contributed by atoms with van der Waals surface area (Å²) >= 11 is 1.48. The van der Waals surface area contributed by atoms with Gasteiger partial charge in [0.05, 0.1) is 0 Å². The summed E-state index contributed by atoms with van der Waals surface area (Å²) in [6, 6.07) is 2.17. The lowest BCUT2D eigenvalue weighted by Gasteiger charge is -2.35. The van der Waals surface area contributed by atoms with Gasteiger partial charge in [-0.3, -0.25) is 0 Å². The van der Waals surface area contributed by atoms with Crippen LogP contribution >= 0.6 is 11.5 Å². The lowest BCUT2D eigenvalue weighted by molar-refractivity contribution is 0.0845. The maximum Gasteiger partial charge on any atom is 0.205 e. The molecule has 24 heavy (non-hydrogen) atoms. The van der Waals surface area contributed by atoms with Gasteiger partial charge in [0.2, 0.25) is 5.13 Å². The van der Waals surface area contributed by atoms with E-state index in [0.29, 0.717) is 5.92 Å². The Morgan fingerprint density at radius 2 is 1.83 bits per heavy atom. The summed E-state index contributed by atoms with van der Waals surface area (Å²) in [6.07, 6.45) is 3.82. The van der Waals surface area contributed by atoms with Crippen LogP contribution in [-0.4, -0.2) is 58.7 Å². The Labute approximate surface area is 145 Å². The van der Waals surface area contributed by atoms with Crippen LogP contribution in [0.2, 0.25) is 0 Å². The number of nitrogens with zero attached hydrogens (tertiary/aromatic N) is 6. The van der Waals surface area contributed by atoms with E-state index in [4.69, 9.17) is 4.74 Å². The minimum absolute atomic E-state index is 0.506. The predicted octanol–water partition coefficient (Wildman–Crippen LogP) is 1.86. The molecule has 0 spiro atoms. The van der Waals surface area contributed by atoms with Crippen molar-refractivity contribution in [2.75, 3.05) is 49.2 Å². The highest BCUT2D eigenvalue weighted by Crippen LogP contribution is 2.27. The van der Waals surface area contributed by atoms with Crippen LogP contribution in [0.4, 0.5) is 10.9 Å². The Morgan fingerprint density at radius 3 is 2.54 bits per heavy atom. The van der Waals surface area contributed by atoms with Crippen molar-refractivity contribution in [1.82, 2.24) is 19.3 Å². The molecular weight excluding hydrogens is 324 g/mol. The van der Waals surface area contributed by atoms with E-state index in [0.717, 1.165) is 74.7 Å². The highest BCUT2D eigenvalue weighted by molar-refractivity contribution is 7.09. The molecule has 0 atom stereocenters. The minimum atomic E-state index is 0.506. The number of aromatic nitrogens is 4. The Kier molecular flexibility index (Phi) is 4.57. The number of rotatable bonds is 3. The summed E-state index contributed by atoms with van der Waals surface area (Å²) < 4.78 is 9.73. The maximum atomic E-state index is 5.45. The van der Waals surface area contributed by atoms with E-state index in [1.807, 2.05) is 6.92 Å². The van der Waals surface area contributed by atoms with Gasteiger partial charge in [0, 0.05) is 68.6 Å². The molecule has 128 valence electrons. The molecule has 0 radical (unpaired) electrons. The Morgan fingerprint density at radius 1 is 1.08 bits per heavy atom. The standard InChI is InChI=1S/C16H22N6OS/c1-12-19-16(24-20-12)22-6-4-21(5-7-22)15-10-14(17-11-18-15)13-2-8-23-9-3-13/h10-11,13H,2-9H2,1H3. The number of piperazine rings is 1. The molecule has 0 aromatic carbocycles. The third-order valence-electron chi connectivity index (χ3n) is 4.70. The average molecular weight is 346 g/mol. The molecule has 2 aromatic heterocycles. The number of hydrogen-bond donors (Lipinski definition) is 0. The van der Waals surface area contributed by atoms with Gasteiger partial charge >= 0.3 is 0 Å². The highest BCUT2D eigenvalue weighted by Gasteiger charge is 2.22. The average Bonchev–Trinajstić information content (AvgIpc) is 3.09. The number of anilines is 2. The first-order valence-corrected chi connectivity index (χ1v) is 9.27. The smallest absolute Gasteiger partial charge is 0.205 e. The summed E-state index contributed by atoms with van der Waals surface area (Å²) in [6.45, 7) is 7.41. The van der Waals surface area contributed by atoms with Crippen LogP contribution in [0.1, 0.15) is 30.3 Å². The van der Waals surface area contributed by atoms with E-state index in [1.165, 1.54) is 11.5 Å². The van der Waals surface area contributed by atoms with Crippen molar-refractivity contribution in [2.45, 2.75) is 25.7 Å². The zero-order chi connectivity index (χ0) is 16.4. The van der Waals surface area contributed by atoms with E-state index in [-0.39, 0.29) is 0 Å². The number of hydrogen-bond acceptors (Lipinski definition) is 8. The van der Waals surface area contributed by atoms with E-state index in [9.17, 15) is 0 Å². The van der Waals surface area contributed by atoms with Crippen LogP contribution < -0.4 is 9.80 Å². The quantitative estimate of drug-likeness (QED) is 0.840. The maximum absolute atomic E-state index is 5.45. The van der Waals surface area contributed by atoms with Crippen LogP contribution in [0.5, 0.6) is 0 Å². The largest absolute Gasteiger partial charge is 0.381 e. The molecule has 2 aliphatic rings. The lowest BCUT2D eigenvalue weighted by Crippen LogP contribution is -2.46. The molecule has 2 aromatic rings. The second kappa shape index (κ2) is 6.98. The molecule has 4 heterocycles. The Balaban J connectivity index is 1.42. The fourth-order valence-corrected chi connectivity index (χ4v) is 4.02. The van der Waals surface area contributed by atoms with Gasteiger partial charge in [-0.25, -0.2) is 15.0 Å². The van der Waals surface area contributed by atoms with Crippen LogP contribution in [0.25, 0.3) is 0 Å². The van der Waals surface area contributed by atoms with Gasteiger partial charge in [-0.05, 0) is 19.8 Å². The van der Waals surface area contributed by atoms with Gasteiger partial charge in [-0.1, -0.05) is 0 Å². The Bertz CT molecular complexity index is 679. The van der Waals surface area contributed by atoms with Crippen LogP contribution in [0.15, 0.2) is 12.4 Å². The first-order valence-electron chi connectivity index (χ1n) is 8.49. The number of ether oxygens (including phenoxy) is 1. The fraction of sp³-hybridized carbons (Fsp3) is 0.625. The van der Waals surface area contributed by atoms with Crippen molar-refractivity contribution < 1.29 is 4.74 Å². The third-order valence-corrected chi connectivity index (χ3v) is 5.57. The minimum Gasteiger partial charge on any atom is -0.381 e. The van der Waals surface area contributed by atoms with E-state index in [1.54, 1.807) is 6.33 Å². The fourth-order valence-electron chi connectivity index (χ4n) is 3.29. The van der Waals surface area contributed by atoms with Crippen molar-refractivity contribution in [2.24, 2.45) is 0 Å². The summed E-state index contributed by atoms with van der Waals surface area (Å²) in [7, 11) is 0. The van der Waals surface area contributed by atoms with Crippen LogP contribution in [-0.2, 0) is 4.74 Å². The number of aryl methyl sites for hydroxylation is 1. The van der Waals surface area contributed by atoms with Crippen molar-refractivity contribution in [3.05, 3.63) is 23.9 Å². The molecule has 2 saturated heterocycles. The van der Waals surface area contributed by atoms with Gasteiger partial charge < -0.3 is 14.5 Å². The molecule has 0 amide bonds. The van der Waals surface area contributed by atoms with Crippen LogP contribution in [0, 0.1) is 6.92 Å². The van der Waals surface area contributed by atoms with Crippen molar-refractivity contribution in [3.63, 3.8) is 0 Å². The molecule has 2 aliphatic heterocycles. The molecule has 0 unspecified atom stereocenters. The molecule has 7 nitrogen and oxygen atoms in total. The van der Waals surface area contributed by atoms with Crippen molar-refractivity contribution in [1.29, 1.82) is 0 Å². The van der Waals surface area contributed by atoms with Gasteiger partial charge in [-0.15, -0.1) is 0 Å². The Hall–Kier alpha value is -1.80. The summed E-state index contributed by atoms with van der Waals surface area (Å²) in [5.41, 5.74) is 1.16. The zero-order valence-corrected chi connectivity index (χ0v) is 14.7. The van der Waals surface area contributed by atoms with Crippen LogP contribution in [0.3, 0.4) is 0 Å². The highest BCUT2D eigenvalue weighted by atomic mass is 32.1. The van der Waals surface area contributed by atoms with E-state index in [2.05, 4.69) is 35.2 Å². The molecular formula is C16H22N6OS. The third kappa shape index (κ3) is 3.34. The lowest BCUT2D eigenvalue weighted by atomic mass is 9.96. The first kappa shape index (κ1) is 15.7. The molecule has 4 rings (SSSR count). The summed E-state index contributed by atoms with van der Waals surface area (Å²) in [5.74, 6) is 2.40. The molecule has 0 bridgehead atoms. The normalized spacial score (nSPS) is 19.7. The molecule has 0 aliphatic carbocycles. The van der Waals surface area contributed by atoms with Crippen molar-refractivity contribution in [3.8, 4) is 0 Å². The second-order valence-corrected chi connectivity index (χ2v) is 7.02. The van der Waals surface area contributed by atoms with Gasteiger partial charge in [0.15, 0.2) is 0 Å². The monoisotopic (exact) mass is 346 g/mol. The van der Waals surface area contributed by atoms with E-state index >= 15 is 0 Å². The SMILES string of the molecule is Cc1nsc(N2CCN(c3cc(C4CCOCC4)ncn3)CC2)n1. The molecule has 0 saturated carbocycles. The predicted molar refractivity (Wildman–Crippen MR) is 93.9 cm³/mol. The topological polar surface area (TPSA) is 67.3 Å². The molecule has 0 N–H and O–H groups in total. The van der Waals surface area contributed by atoms with Crippen molar-refractivity contribution >= 4 is 22.5 Å². The summed E-state index contributed by atoms with van der Waals surface area (Å²) in [5, 5.41) is 1.03. The summed E-state index contributed by atoms with van der Waals surface area (Å²) in [4.78, 5) is 18.1. The zero-order valence-electron chi connectivity index (χ0n) is 13.9. The van der Waals surface area contributed by atoms with Gasteiger partial charge in [-0.2, -0.15) is 4.37 Å². The van der Waals surface area contributed by atoms with E-state index < -0.39 is 0 Å². The van der Waals surface area contributed by atoms with Gasteiger partial charge in [0.1, 0.15) is 18.0 Å². The second-order valence-electron chi connectivity index (χ2n) is 6.29. The first-order chi connectivity index (χ1) is 11.8. The molecule has 8 heteroatoms. The molecule has 2 fully saturated rings.